The summed E-state index contributed by atoms with van der Waals surface area (Å²) in [6, 6.07) is 12.6. The first-order valence-electron chi connectivity index (χ1n) is 8.46. The monoisotopic (exact) mass is 380 g/mol. The Morgan fingerprint density at radius 3 is 2.71 bits per heavy atom. The third-order valence-electron chi connectivity index (χ3n) is 4.10. The summed E-state index contributed by atoms with van der Waals surface area (Å²) >= 11 is 0. The van der Waals surface area contributed by atoms with Gasteiger partial charge in [-0.1, -0.05) is 23.8 Å². The lowest BCUT2D eigenvalue weighted by Gasteiger charge is -2.10. The third-order valence-corrected chi connectivity index (χ3v) is 4.10. The van der Waals surface area contributed by atoms with Gasteiger partial charge >= 0.3 is 11.6 Å². The zero-order valence-corrected chi connectivity index (χ0v) is 14.9. The van der Waals surface area contributed by atoms with E-state index in [4.69, 9.17) is 14.2 Å². The number of aromatic nitrogens is 2. The van der Waals surface area contributed by atoms with Crippen molar-refractivity contribution in [1.29, 1.82) is 0 Å². The van der Waals surface area contributed by atoms with Gasteiger partial charge < -0.3 is 19.5 Å². The van der Waals surface area contributed by atoms with Crippen LogP contribution in [0.2, 0.25) is 0 Å². The van der Waals surface area contributed by atoms with Crippen LogP contribution in [-0.2, 0) is 6.54 Å². The Labute approximate surface area is 160 Å². The van der Waals surface area contributed by atoms with E-state index < -0.39 is 4.92 Å². The molecule has 1 aliphatic rings. The molecule has 142 valence electrons. The number of hydrogen-bond donors (Lipinski definition) is 1. The molecule has 0 spiro atoms. The molecular formula is C19H16N4O5. The average Bonchev–Trinajstić information content (AvgIpc) is 3.16. The van der Waals surface area contributed by atoms with Crippen LogP contribution in [0.5, 0.6) is 23.1 Å². The van der Waals surface area contributed by atoms with Gasteiger partial charge in [0.2, 0.25) is 12.6 Å². The van der Waals surface area contributed by atoms with E-state index in [1.165, 1.54) is 6.33 Å². The Morgan fingerprint density at radius 1 is 1.14 bits per heavy atom. The van der Waals surface area contributed by atoms with E-state index in [-0.39, 0.29) is 24.2 Å². The van der Waals surface area contributed by atoms with E-state index in [0.29, 0.717) is 23.8 Å². The lowest BCUT2D eigenvalue weighted by atomic mass is 10.2. The second-order valence-corrected chi connectivity index (χ2v) is 6.09. The van der Waals surface area contributed by atoms with Crippen LogP contribution in [0.15, 0.2) is 48.8 Å². The summed E-state index contributed by atoms with van der Waals surface area (Å²) in [7, 11) is 0. The van der Waals surface area contributed by atoms with Gasteiger partial charge in [-0.25, -0.2) is 4.98 Å². The van der Waals surface area contributed by atoms with Gasteiger partial charge in [0.25, 0.3) is 0 Å². The summed E-state index contributed by atoms with van der Waals surface area (Å²) in [4.78, 5) is 19.0. The first-order valence-corrected chi connectivity index (χ1v) is 8.46. The van der Waals surface area contributed by atoms with Crippen LogP contribution in [0.1, 0.15) is 11.1 Å². The SMILES string of the molecule is Cc1ccc(Oc2ncnc(NCc3ccc4c(c3)OCO4)c2[N+](=O)[O-])cc1. The highest BCUT2D eigenvalue weighted by molar-refractivity contribution is 5.62. The first kappa shape index (κ1) is 17.5. The third kappa shape index (κ3) is 3.63. The van der Waals surface area contributed by atoms with Gasteiger partial charge in [0.15, 0.2) is 11.5 Å². The van der Waals surface area contributed by atoms with Crippen LogP contribution in [0.25, 0.3) is 0 Å². The molecule has 1 N–H and O–H groups in total. The Hall–Kier alpha value is -3.88. The van der Waals surface area contributed by atoms with Crippen molar-refractivity contribution in [3.8, 4) is 23.1 Å². The number of fused-ring (bicyclic) bond motifs is 1. The van der Waals surface area contributed by atoms with E-state index in [1.807, 2.05) is 31.2 Å². The second-order valence-electron chi connectivity index (χ2n) is 6.09. The molecule has 1 aromatic heterocycles. The Bertz CT molecular complexity index is 1020. The molecule has 0 saturated heterocycles. The number of hydrogen-bond acceptors (Lipinski definition) is 8. The Balaban J connectivity index is 1.56. The molecule has 3 aromatic rings. The fourth-order valence-electron chi connectivity index (χ4n) is 2.69. The lowest BCUT2D eigenvalue weighted by molar-refractivity contribution is -0.385. The summed E-state index contributed by atoms with van der Waals surface area (Å²) in [6.07, 6.45) is 1.22. The van der Waals surface area contributed by atoms with E-state index in [1.54, 1.807) is 18.2 Å². The molecule has 9 nitrogen and oxygen atoms in total. The molecule has 0 radical (unpaired) electrons. The van der Waals surface area contributed by atoms with E-state index in [2.05, 4.69) is 15.3 Å². The predicted molar refractivity (Wildman–Crippen MR) is 99.8 cm³/mol. The highest BCUT2D eigenvalue weighted by atomic mass is 16.7. The van der Waals surface area contributed by atoms with Crippen molar-refractivity contribution in [3.05, 3.63) is 70.0 Å². The Kier molecular flexibility index (Phi) is 4.63. The molecule has 4 rings (SSSR count). The molecule has 0 saturated carbocycles. The van der Waals surface area contributed by atoms with Crippen molar-refractivity contribution in [2.45, 2.75) is 13.5 Å². The average molecular weight is 380 g/mol. The van der Waals surface area contributed by atoms with Crippen LogP contribution in [-0.4, -0.2) is 21.7 Å². The zero-order chi connectivity index (χ0) is 19.5. The highest BCUT2D eigenvalue weighted by Gasteiger charge is 2.25. The van der Waals surface area contributed by atoms with E-state index >= 15 is 0 Å². The smallest absolute Gasteiger partial charge is 0.373 e. The van der Waals surface area contributed by atoms with Crippen molar-refractivity contribution in [3.63, 3.8) is 0 Å². The van der Waals surface area contributed by atoms with Gasteiger partial charge in [-0.15, -0.1) is 0 Å². The van der Waals surface area contributed by atoms with Gasteiger partial charge in [-0.2, -0.15) is 4.98 Å². The van der Waals surface area contributed by atoms with Gasteiger partial charge in [-0.05, 0) is 36.8 Å². The van der Waals surface area contributed by atoms with Gasteiger partial charge in [0.1, 0.15) is 12.1 Å². The number of aryl methyl sites for hydroxylation is 1. The largest absolute Gasteiger partial charge is 0.454 e. The van der Waals surface area contributed by atoms with Gasteiger partial charge in [0, 0.05) is 6.54 Å². The van der Waals surface area contributed by atoms with Gasteiger partial charge in [-0.3, -0.25) is 10.1 Å². The molecule has 1 aliphatic heterocycles. The van der Waals surface area contributed by atoms with Crippen molar-refractivity contribution >= 4 is 11.5 Å². The fourth-order valence-corrected chi connectivity index (χ4v) is 2.69. The number of rotatable bonds is 6. The first-order chi connectivity index (χ1) is 13.6. The minimum absolute atomic E-state index is 0.0692. The minimum Gasteiger partial charge on any atom is -0.454 e. The molecule has 2 heterocycles. The summed E-state index contributed by atoms with van der Waals surface area (Å²) in [5.41, 5.74) is 1.58. The quantitative estimate of drug-likeness (QED) is 0.508. The number of nitro groups is 1. The number of anilines is 1. The maximum Gasteiger partial charge on any atom is 0.373 e. The maximum atomic E-state index is 11.6. The molecular weight excluding hydrogens is 364 g/mol. The summed E-state index contributed by atoms with van der Waals surface area (Å²) in [5, 5.41) is 14.6. The molecule has 9 heteroatoms. The zero-order valence-electron chi connectivity index (χ0n) is 14.9. The number of benzene rings is 2. The molecule has 0 unspecified atom stereocenters. The topological polar surface area (TPSA) is 109 Å². The molecule has 0 bridgehead atoms. The number of nitrogens with zero attached hydrogens (tertiary/aromatic N) is 3. The van der Waals surface area contributed by atoms with E-state index in [0.717, 1.165) is 11.1 Å². The molecule has 0 aliphatic carbocycles. The van der Waals surface area contributed by atoms with Crippen LogP contribution in [0.3, 0.4) is 0 Å². The Morgan fingerprint density at radius 2 is 1.93 bits per heavy atom. The van der Waals surface area contributed by atoms with Crippen LogP contribution < -0.4 is 19.5 Å². The standard InChI is InChI=1S/C19H16N4O5/c1-12-2-5-14(6-3-12)28-19-17(23(24)25)18(21-10-22-19)20-9-13-4-7-15-16(8-13)27-11-26-15/h2-8,10H,9,11H2,1H3,(H,20,21,22). The molecule has 2 aromatic carbocycles. The van der Waals surface area contributed by atoms with Crippen LogP contribution in [0.4, 0.5) is 11.5 Å². The second kappa shape index (κ2) is 7.39. The van der Waals surface area contributed by atoms with Gasteiger partial charge in [0.05, 0.1) is 4.92 Å². The molecule has 0 amide bonds. The predicted octanol–water partition coefficient (Wildman–Crippen LogP) is 3.83. The summed E-state index contributed by atoms with van der Waals surface area (Å²) < 4.78 is 16.2. The van der Waals surface area contributed by atoms with Crippen molar-refractivity contribution in [2.75, 3.05) is 12.1 Å². The summed E-state index contributed by atoms with van der Waals surface area (Å²) in [6.45, 7) is 2.43. The molecule has 0 atom stereocenters. The van der Waals surface area contributed by atoms with Crippen molar-refractivity contribution in [2.24, 2.45) is 0 Å². The molecule has 28 heavy (non-hydrogen) atoms. The summed E-state index contributed by atoms with van der Waals surface area (Å²) in [5.74, 6) is 1.70. The number of nitrogens with one attached hydrogen (secondary N) is 1. The number of ether oxygens (including phenoxy) is 3. The maximum absolute atomic E-state index is 11.6. The molecule has 0 fully saturated rings. The van der Waals surface area contributed by atoms with Crippen LogP contribution >= 0.6 is 0 Å². The highest BCUT2D eigenvalue weighted by Crippen LogP contribution is 2.35. The minimum atomic E-state index is -0.564. The van der Waals surface area contributed by atoms with Crippen molar-refractivity contribution < 1.29 is 19.1 Å². The lowest BCUT2D eigenvalue weighted by Crippen LogP contribution is -2.07. The normalized spacial score (nSPS) is 11.9. The van der Waals surface area contributed by atoms with E-state index in [9.17, 15) is 10.1 Å². The van der Waals surface area contributed by atoms with Crippen LogP contribution in [0, 0.1) is 17.0 Å². The fraction of sp³-hybridized carbons (Fsp3) is 0.158. The van der Waals surface area contributed by atoms with Crippen molar-refractivity contribution in [1.82, 2.24) is 9.97 Å².